The third kappa shape index (κ3) is 4.04. The summed E-state index contributed by atoms with van der Waals surface area (Å²) in [6.07, 6.45) is 3.29. The predicted molar refractivity (Wildman–Crippen MR) is 71.7 cm³/mol. The van der Waals surface area contributed by atoms with Crippen LogP contribution in [0.3, 0.4) is 0 Å². The molecule has 84 valence electrons. The third-order valence-electron chi connectivity index (χ3n) is 2.37. The van der Waals surface area contributed by atoms with Crippen LogP contribution >= 0.6 is 11.8 Å². The number of hydrogen-bond acceptors (Lipinski definition) is 3. The van der Waals surface area contributed by atoms with Crippen LogP contribution in [-0.2, 0) is 0 Å². The smallest absolute Gasteiger partial charge is 0.0578 e. The minimum atomic E-state index is 0.474. The van der Waals surface area contributed by atoms with Crippen molar-refractivity contribution in [3.8, 4) is 0 Å². The highest BCUT2D eigenvalue weighted by Gasteiger charge is 2.04. The monoisotopic (exact) mass is 224 g/mol. The topological polar surface area (TPSA) is 38.0 Å². The molecule has 1 rings (SSSR count). The molecule has 3 N–H and O–H groups in total. The Hall–Kier alpha value is -0.830. The molecule has 1 unspecified atom stereocenters. The number of hydrogen-bond donors (Lipinski definition) is 2. The second kappa shape index (κ2) is 5.91. The summed E-state index contributed by atoms with van der Waals surface area (Å²) in [6.45, 7) is 4.27. The molecule has 0 aliphatic heterocycles. The molecule has 0 saturated heterocycles. The normalized spacial score (nSPS) is 12.5. The van der Waals surface area contributed by atoms with Crippen molar-refractivity contribution in [2.75, 3.05) is 23.1 Å². The van der Waals surface area contributed by atoms with Gasteiger partial charge in [-0.05, 0) is 50.0 Å². The highest BCUT2D eigenvalue weighted by molar-refractivity contribution is 7.98. The molecular weight excluding hydrogens is 204 g/mol. The van der Waals surface area contributed by atoms with Crippen molar-refractivity contribution in [3.63, 3.8) is 0 Å². The molecule has 0 bridgehead atoms. The van der Waals surface area contributed by atoms with Gasteiger partial charge in [-0.1, -0.05) is 6.07 Å². The van der Waals surface area contributed by atoms with Crippen LogP contribution in [0.4, 0.5) is 11.4 Å². The highest BCUT2D eigenvalue weighted by atomic mass is 32.2. The van der Waals surface area contributed by atoms with E-state index >= 15 is 0 Å². The lowest BCUT2D eigenvalue weighted by molar-refractivity contribution is 0.772. The standard InChI is InChI=1S/C12H20N2S/c1-9-4-5-11(13)12(8-9)14-10(2)6-7-15-3/h4-5,8,10,14H,6-7,13H2,1-3H3. The number of nitrogens with two attached hydrogens (primary N) is 1. The Kier molecular flexibility index (Phi) is 4.82. The van der Waals surface area contributed by atoms with Gasteiger partial charge in [0.25, 0.3) is 0 Å². The van der Waals surface area contributed by atoms with Gasteiger partial charge in [0, 0.05) is 6.04 Å². The summed E-state index contributed by atoms with van der Waals surface area (Å²) in [5.41, 5.74) is 9.03. The van der Waals surface area contributed by atoms with Crippen LogP contribution < -0.4 is 11.1 Å². The molecule has 2 nitrogen and oxygen atoms in total. The lowest BCUT2D eigenvalue weighted by Gasteiger charge is -2.16. The van der Waals surface area contributed by atoms with E-state index in [-0.39, 0.29) is 0 Å². The number of nitrogen functional groups attached to an aromatic ring is 1. The minimum absolute atomic E-state index is 0.474. The van der Waals surface area contributed by atoms with Crippen LogP contribution in [-0.4, -0.2) is 18.1 Å². The summed E-state index contributed by atoms with van der Waals surface area (Å²) in [6, 6.07) is 6.57. The Morgan fingerprint density at radius 3 is 2.87 bits per heavy atom. The fourth-order valence-corrected chi connectivity index (χ4v) is 2.02. The maximum Gasteiger partial charge on any atom is 0.0578 e. The summed E-state index contributed by atoms with van der Waals surface area (Å²) >= 11 is 1.88. The van der Waals surface area contributed by atoms with Gasteiger partial charge >= 0.3 is 0 Å². The summed E-state index contributed by atoms with van der Waals surface area (Å²) in [4.78, 5) is 0. The van der Waals surface area contributed by atoms with Crippen LogP contribution in [0.15, 0.2) is 18.2 Å². The average molecular weight is 224 g/mol. The van der Waals surface area contributed by atoms with E-state index in [1.54, 1.807) is 0 Å². The maximum absolute atomic E-state index is 5.90. The number of benzene rings is 1. The second-order valence-corrected chi connectivity index (χ2v) is 4.90. The van der Waals surface area contributed by atoms with Gasteiger partial charge in [-0.25, -0.2) is 0 Å². The number of nitrogens with one attached hydrogen (secondary N) is 1. The summed E-state index contributed by atoms with van der Waals surface area (Å²) in [5, 5.41) is 3.45. The van der Waals surface area contributed by atoms with E-state index in [9.17, 15) is 0 Å². The molecule has 1 aromatic rings. The van der Waals surface area contributed by atoms with E-state index in [0.29, 0.717) is 6.04 Å². The lowest BCUT2D eigenvalue weighted by Crippen LogP contribution is -2.16. The van der Waals surface area contributed by atoms with Crippen molar-refractivity contribution in [2.45, 2.75) is 26.3 Å². The molecule has 3 heteroatoms. The molecule has 0 heterocycles. The van der Waals surface area contributed by atoms with Crippen LogP contribution in [0.2, 0.25) is 0 Å². The van der Waals surface area contributed by atoms with E-state index in [0.717, 1.165) is 17.8 Å². The Balaban J connectivity index is 2.59. The fourth-order valence-electron chi connectivity index (χ4n) is 1.43. The minimum Gasteiger partial charge on any atom is -0.397 e. The lowest BCUT2D eigenvalue weighted by atomic mass is 10.1. The quantitative estimate of drug-likeness (QED) is 0.755. The van der Waals surface area contributed by atoms with Gasteiger partial charge in [0.05, 0.1) is 11.4 Å². The molecule has 0 fully saturated rings. The largest absolute Gasteiger partial charge is 0.397 e. The summed E-state index contributed by atoms with van der Waals surface area (Å²) in [7, 11) is 0. The van der Waals surface area contributed by atoms with Gasteiger partial charge in [-0.15, -0.1) is 0 Å². The first-order valence-corrected chi connectivity index (χ1v) is 6.64. The molecule has 0 aromatic heterocycles. The molecule has 1 atom stereocenters. The van der Waals surface area contributed by atoms with Gasteiger partial charge in [0.15, 0.2) is 0 Å². The van der Waals surface area contributed by atoms with Crippen molar-refractivity contribution in [1.82, 2.24) is 0 Å². The summed E-state index contributed by atoms with van der Waals surface area (Å²) < 4.78 is 0. The van der Waals surface area contributed by atoms with E-state index in [1.165, 1.54) is 11.3 Å². The van der Waals surface area contributed by atoms with Crippen molar-refractivity contribution >= 4 is 23.1 Å². The number of thioether (sulfide) groups is 1. The first-order valence-electron chi connectivity index (χ1n) is 5.25. The van der Waals surface area contributed by atoms with Crippen molar-refractivity contribution in [2.24, 2.45) is 0 Å². The van der Waals surface area contributed by atoms with Crippen molar-refractivity contribution < 1.29 is 0 Å². The van der Waals surface area contributed by atoms with Gasteiger partial charge in [0.1, 0.15) is 0 Å². The first kappa shape index (κ1) is 12.2. The highest BCUT2D eigenvalue weighted by Crippen LogP contribution is 2.21. The van der Waals surface area contributed by atoms with Crippen LogP contribution in [0, 0.1) is 6.92 Å². The molecule has 0 aliphatic rings. The van der Waals surface area contributed by atoms with Gasteiger partial charge in [-0.3, -0.25) is 0 Å². The van der Waals surface area contributed by atoms with Crippen LogP contribution in [0.1, 0.15) is 18.9 Å². The third-order valence-corrected chi connectivity index (χ3v) is 3.01. The van der Waals surface area contributed by atoms with Crippen molar-refractivity contribution in [1.29, 1.82) is 0 Å². The van der Waals surface area contributed by atoms with Gasteiger partial charge in [-0.2, -0.15) is 11.8 Å². The number of aryl methyl sites for hydroxylation is 1. The fraction of sp³-hybridized carbons (Fsp3) is 0.500. The molecular formula is C12H20N2S. The maximum atomic E-state index is 5.90. The Bertz CT molecular complexity index is 312. The molecule has 0 spiro atoms. The zero-order valence-electron chi connectivity index (χ0n) is 9.71. The first-order chi connectivity index (χ1) is 7.13. The molecule has 1 aromatic carbocycles. The SMILES string of the molecule is CSCCC(C)Nc1cc(C)ccc1N. The van der Waals surface area contributed by atoms with Gasteiger partial charge < -0.3 is 11.1 Å². The number of anilines is 2. The van der Waals surface area contributed by atoms with Gasteiger partial charge in [0.2, 0.25) is 0 Å². The van der Waals surface area contributed by atoms with E-state index in [2.05, 4.69) is 31.5 Å². The zero-order chi connectivity index (χ0) is 11.3. The zero-order valence-corrected chi connectivity index (χ0v) is 10.5. The van der Waals surface area contributed by atoms with Crippen LogP contribution in [0.5, 0.6) is 0 Å². The molecule has 0 radical (unpaired) electrons. The summed E-state index contributed by atoms with van der Waals surface area (Å²) in [5.74, 6) is 1.18. The number of rotatable bonds is 5. The Morgan fingerprint density at radius 1 is 1.47 bits per heavy atom. The predicted octanol–water partition coefficient (Wildman–Crippen LogP) is 3.13. The van der Waals surface area contributed by atoms with Crippen molar-refractivity contribution in [3.05, 3.63) is 23.8 Å². The molecule has 0 aliphatic carbocycles. The van der Waals surface area contributed by atoms with E-state index < -0.39 is 0 Å². The van der Waals surface area contributed by atoms with Crippen LogP contribution in [0.25, 0.3) is 0 Å². The molecule has 0 saturated carbocycles. The molecule has 15 heavy (non-hydrogen) atoms. The molecule has 0 amide bonds. The van der Waals surface area contributed by atoms with E-state index in [1.807, 2.05) is 23.9 Å². The average Bonchev–Trinajstić information content (AvgIpc) is 2.20. The second-order valence-electron chi connectivity index (χ2n) is 3.92. The Labute approximate surface area is 96.6 Å². The van der Waals surface area contributed by atoms with E-state index in [4.69, 9.17) is 5.73 Å². The Morgan fingerprint density at radius 2 is 2.20 bits per heavy atom.